The van der Waals surface area contributed by atoms with E-state index in [2.05, 4.69) is 164 Å². The van der Waals surface area contributed by atoms with Gasteiger partial charge in [-0.1, -0.05) is 158 Å². The van der Waals surface area contributed by atoms with Crippen LogP contribution in [0, 0.1) is 0 Å². The summed E-state index contributed by atoms with van der Waals surface area (Å²) in [4.78, 5) is 10.8. The van der Waals surface area contributed by atoms with Crippen molar-refractivity contribution in [2.45, 2.75) is 2.29 Å². The van der Waals surface area contributed by atoms with E-state index in [9.17, 15) is 4.79 Å². The van der Waals surface area contributed by atoms with Crippen LogP contribution in [0.15, 0.2) is 0 Å². The summed E-state index contributed by atoms with van der Waals surface area (Å²) >= 11 is 15.9. The second-order valence-corrected chi connectivity index (χ2v) is 23.4. The van der Waals surface area contributed by atoms with E-state index in [1.807, 2.05) is 0 Å². The standard InChI is InChI=1S/C4I7O/c5-2(6,1-12)3(7,8)4(9,10)11. The van der Waals surface area contributed by atoms with Crippen molar-refractivity contribution in [3.63, 3.8) is 0 Å². The van der Waals surface area contributed by atoms with Crippen molar-refractivity contribution >= 4 is 164 Å². The van der Waals surface area contributed by atoms with Gasteiger partial charge in [-0.15, -0.1) is 0 Å². The third kappa shape index (κ3) is 4.22. The van der Waals surface area contributed by atoms with E-state index in [0.717, 1.165) is 0 Å². The zero-order valence-electron chi connectivity index (χ0n) is 5.05. The number of halogens is 7. The van der Waals surface area contributed by atoms with Gasteiger partial charge >= 0.3 is 0 Å². The SMILES string of the molecule is O=[C]C(I)(I)C(I)(I)C(I)(I)I. The average Bonchev–Trinajstić information content (AvgIpc) is 1.85. The van der Waals surface area contributed by atoms with E-state index in [0.29, 0.717) is 0 Å². The lowest BCUT2D eigenvalue weighted by Crippen LogP contribution is -2.44. The molecule has 0 N–H and O–H groups in total. The van der Waals surface area contributed by atoms with E-state index >= 15 is 0 Å². The van der Waals surface area contributed by atoms with E-state index in [-0.39, 0.29) is 0.864 Å². The van der Waals surface area contributed by atoms with E-state index < -0.39 is 1.43 Å². The summed E-state index contributed by atoms with van der Waals surface area (Å²) in [5.74, 6) is 0. The van der Waals surface area contributed by atoms with E-state index in [4.69, 9.17) is 0 Å². The first-order valence-corrected chi connectivity index (χ1v) is 9.83. The molecule has 0 aromatic heterocycles. The maximum absolute atomic E-state index is 10.8. The fourth-order valence-electron chi connectivity index (χ4n) is 0.242. The van der Waals surface area contributed by atoms with Crippen molar-refractivity contribution in [3.05, 3.63) is 0 Å². The van der Waals surface area contributed by atoms with Gasteiger partial charge in [0.25, 0.3) is 0 Å². The Kier molecular flexibility index (Phi) is 8.52. The van der Waals surface area contributed by atoms with Crippen molar-refractivity contribution in [1.82, 2.24) is 0 Å². The van der Waals surface area contributed by atoms with E-state index in [1.165, 1.54) is 0 Å². The molecule has 0 fully saturated rings. The molecule has 0 heterocycles. The zero-order chi connectivity index (χ0) is 10.2. The Balaban J connectivity index is 4.97. The van der Waals surface area contributed by atoms with Gasteiger partial charge < -0.3 is 0 Å². The topological polar surface area (TPSA) is 17.1 Å². The summed E-state index contributed by atoms with van der Waals surface area (Å²) in [5.41, 5.74) is 0. The minimum Gasteiger partial charge on any atom is -0.288 e. The molecule has 0 saturated carbocycles. The third-order valence-electron chi connectivity index (χ3n) is 0.879. The monoisotopic (exact) mass is 952 g/mol. The van der Waals surface area contributed by atoms with Gasteiger partial charge in [-0.3, -0.25) is 4.79 Å². The maximum Gasteiger partial charge on any atom is 0.228 e. The highest BCUT2D eigenvalue weighted by Crippen LogP contribution is 2.63. The summed E-state index contributed by atoms with van der Waals surface area (Å²) in [6.45, 7) is 0. The van der Waals surface area contributed by atoms with Crippen LogP contribution in [0.3, 0.4) is 0 Å². The van der Waals surface area contributed by atoms with Gasteiger partial charge in [-0.2, -0.15) is 0 Å². The van der Waals surface area contributed by atoms with Crippen molar-refractivity contribution < 1.29 is 4.79 Å². The first-order valence-electron chi connectivity index (χ1n) is 2.28. The van der Waals surface area contributed by atoms with Crippen molar-refractivity contribution in [3.8, 4) is 0 Å². The highest BCUT2D eigenvalue weighted by molar-refractivity contribution is 14.3. The largest absolute Gasteiger partial charge is 0.288 e. The third-order valence-corrected chi connectivity index (χ3v) is 18.9. The Labute approximate surface area is 167 Å². The molecule has 1 radical (unpaired) electrons. The Hall–Kier alpha value is 4.78. The molecule has 1 nitrogen and oxygen atoms in total. The van der Waals surface area contributed by atoms with Crippen LogP contribution >= 0.6 is 158 Å². The molecule has 71 valence electrons. The number of hydrogen-bond acceptors (Lipinski definition) is 1. The van der Waals surface area contributed by atoms with Crippen LogP contribution in [-0.4, -0.2) is 8.58 Å². The molecular formula is C4I7O. The number of rotatable bonds is 3. The van der Waals surface area contributed by atoms with Gasteiger partial charge in [0.2, 0.25) is 6.29 Å². The van der Waals surface area contributed by atoms with Gasteiger partial charge in [0, 0.05) is 0 Å². The second kappa shape index (κ2) is 6.10. The summed E-state index contributed by atoms with van der Waals surface area (Å²) in [5, 5.41) is 0. The lowest BCUT2D eigenvalue weighted by molar-refractivity contribution is 0.552. The molecule has 0 rings (SSSR count). The Morgan fingerprint density at radius 2 is 1.17 bits per heavy atom. The van der Waals surface area contributed by atoms with Gasteiger partial charge in [-0.25, -0.2) is 0 Å². The molecule has 0 bridgehead atoms. The molecule has 0 aromatic carbocycles. The molecule has 0 amide bonds. The summed E-state index contributed by atoms with van der Waals surface area (Å²) in [7, 11) is 0. The molecule has 0 saturated heterocycles. The lowest BCUT2D eigenvalue weighted by Gasteiger charge is -2.36. The van der Waals surface area contributed by atoms with Gasteiger partial charge in [0.1, 0.15) is 0.864 Å². The van der Waals surface area contributed by atoms with Crippen molar-refractivity contribution in [2.24, 2.45) is 0 Å². The highest BCUT2D eigenvalue weighted by Gasteiger charge is 2.56. The predicted octanol–water partition coefficient (Wildman–Crippen LogP) is 5.19. The van der Waals surface area contributed by atoms with Gasteiger partial charge in [0.05, 0.1) is 0 Å². The molecule has 8 heteroatoms. The Morgan fingerprint density at radius 1 is 0.833 bits per heavy atom. The van der Waals surface area contributed by atoms with Crippen LogP contribution in [0.25, 0.3) is 0 Å². The quantitative estimate of drug-likeness (QED) is 0.282. The predicted molar refractivity (Wildman–Crippen MR) is 112 cm³/mol. The van der Waals surface area contributed by atoms with Crippen LogP contribution < -0.4 is 0 Å². The van der Waals surface area contributed by atoms with Gasteiger partial charge in [0.15, 0.2) is 1.43 Å². The van der Waals surface area contributed by atoms with Crippen LogP contribution in [-0.2, 0) is 4.79 Å². The molecule has 0 aliphatic rings. The molecule has 0 atom stereocenters. The first-order chi connectivity index (χ1) is 5.06. The van der Waals surface area contributed by atoms with Crippen molar-refractivity contribution in [2.75, 3.05) is 0 Å². The van der Waals surface area contributed by atoms with Crippen LogP contribution in [0.2, 0.25) is 0 Å². The fraction of sp³-hybridized carbons (Fsp3) is 0.750. The Bertz CT molecular complexity index is 180. The summed E-state index contributed by atoms with van der Waals surface area (Å²) in [6, 6.07) is 0. The fourth-order valence-corrected chi connectivity index (χ4v) is 5.58. The molecule has 0 aromatic rings. The van der Waals surface area contributed by atoms with Crippen LogP contribution in [0.1, 0.15) is 0 Å². The van der Waals surface area contributed by atoms with Crippen molar-refractivity contribution in [1.29, 1.82) is 0 Å². The number of hydrogen-bond donors (Lipinski definition) is 0. The zero-order valence-corrected chi connectivity index (χ0v) is 20.2. The average molecular weight is 952 g/mol. The lowest BCUT2D eigenvalue weighted by atomic mass is 10.4. The smallest absolute Gasteiger partial charge is 0.228 e. The molecule has 12 heavy (non-hydrogen) atoms. The minimum atomic E-state index is -0.493. The normalized spacial score (nSPS) is 14.6. The van der Waals surface area contributed by atoms with E-state index in [1.54, 1.807) is 0 Å². The van der Waals surface area contributed by atoms with Crippen LogP contribution in [0.5, 0.6) is 0 Å². The number of alkyl halides is 7. The minimum absolute atomic E-state index is 0.0127. The number of carbonyl (C=O) groups excluding carboxylic acids is 1. The molecule has 0 unspecified atom stereocenters. The summed E-state index contributed by atoms with van der Waals surface area (Å²) in [6.07, 6.45) is 2.08. The highest BCUT2D eigenvalue weighted by atomic mass is 127. The molecule has 0 spiro atoms. The van der Waals surface area contributed by atoms with Crippen LogP contribution in [0.4, 0.5) is 0 Å². The molecular weight excluding hydrogens is 952 g/mol. The first kappa shape index (κ1) is 16.8. The molecule has 0 aliphatic heterocycles. The second-order valence-electron chi connectivity index (χ2n) is 1.75. The molecule has 0 aliphatic carbocycles. The summed E-state index contributed by atoms with van der Waals surface area (Å²) < 4.78 is -0.672. The Morgan fingerprint density at radius 3 is 1.25 bits per heavy atom. The maximum atomic E-state index is 10.8. The van der Waals surface area contributed by atoms with Gasteiger partial charge in [-0.05, 0) is 0 Å².